The van der Waals surface area contributed by atoms with E-state index >= 15 is 0 Å². The molecule has 1 aliphatic carbocycles. The molecule has 0 bridgehead atoms. The van der Waals surface area contributed by atoms with E-state index in [2.05, 4.69) is 10.3 Å². The third-order valence-corrected chi connectivity index (χ3v) is 8.11. The Morgan fingerprint density at radius 1 is 1.12 bits per heavy atom. The van der Waals surface area contributed by atoms with Gasteiger partial charge in [0.1, 0.15) is 29.5 Å². The Bertz CT molecular complexity index is 1590. The Hall–Kier alpha value is -4.06. The van der Waals surface area contributed by atoms with Crippen LogP contribution in [0.25, 0.3) is 0 Å². The van der Waals surface area contributed by atoms with Crippen LogP contribution in [0.15, 0.2) is 60.8 Å². The fourth-order valence-electron chi connectivity index (χ4n) is 5.20. The summed E-state index contributed by atoms with van der Waals surface area (Å²) in [6, 6.07) is 9.88. The first kappa shape index (κ1) is 29.4. The predicted molar refractivity (Wildman–Crippen MR) is 151 cm³/mol. The monoisotopic (exact) mass is 691 g/mol. The molecule has 0 spiro atoms. The molecule has 2 atom stereocenters. The first-order valence-corrected chi connectivity index (χ1v) is 14.0. The molecule has 3 aromatic rings. The van der Waals surface area contributed by atoms with Crippen LogP contribution in [0.1, 0.15) is 42.9 Å². The SMILES string of the molecule is N#Cc1ccnc(N2C(=O)CC[C@H]2C(=O)N(c2cc(F)cc(F)c2)[C@H](C(=O)NC2CC(F)(F)C2)c2ccccc2I)c1. The van der Waals surface area contributed by atoms with Gasteiger partial charge in [-0.05, 0) is 64.9 Å². The lowest BCUT2D eigenvalue weighted by Gasteiger charge is -2.39. The number of nitriles is 1. The summed E-state index contributed by atoms with van der Waals surface area (Å²) in [4.78, 5) is 47.4. The van der Waals surface area contributed by atoms with E-state index in [0.717, 1.165) is 21.9 Å². The second-order valence-electron chi connectivity index (χ2n) is 10.1. The van der Waals surface area contributed by atoms with E-state index in [-0.39, 0.29) is 35.5 Å². The average molecular weight is 691 g/mol. The maximum Gasteiger partial charge on any atom is 0.252 e. The average Bonchev–Trinajstić information content (AvgIpc) is 3.31. The minimum Gasteiger partial charge on any atom is -0.351 e. The van der Waals surface area contributed by atoms with Gasteiger partial charge < -0.3 is 5.32 Å². The number of hydrogen-bond donors (Lipinski definition) is 1. The Labute approximate surface area is 251 Å². The molecule has 8 nitrogen and oxygen atoms in total. The van der Waals surface area contributed by atoms with E-state index < -0.39 is 66.2 Å². The van der Waals surface area contributed by atoms with Crippen LogP contribution >= 0.6 is 22.6 Å². The summed E-state index contributed by atoms with van der Waals surface area (Å²) >= 11 is 1.94. The quantitative estimate of drug-likeness (QED) is 0.277. The van der Waals surface area contributed by atoms with Crippen molar-refractivity contribution < 1.29 is 31.9 Å². The summed E-state index contributed by atoms with van der Waals surface area (Å²) in [6.45, 7) is 0. The van der Waals surface area contributed by atoms with Crippen LogP contribution < -0.4 is 15.1 Å². The van der Waals surface area contributed by atoms with Crippen molar-refractivity contribution in [2.75, 3.05) is 9.80 Å². The Balaban J connectivity index is 1.63. The molecule has 216 valence electrons. The molecule has 2 aliphatic rings. The molecule has 2 heterocycles. The highest BCUT2D eigenvalue weighted by Gasteiger charge is 2.48. The summed E-state index contributed by atoms with van der Waals surface area (Å²) in [5.41, 5.74) is 0.151. The standard InChI is InChI=1S/C29H22F4IN5O3/c30-17-10-18(31)12-20(11-17)38(28(42)23-5-6-25(40)39(23)24-9-16(15-35)7-8-36-24)26(21-3-1-2-4-22(21)34)27(41)37-19-13-29(32,33)14-19/h1-4,7-12,19,23,26H,5-6,13-14H2,(H,37,41)/t23-,26-/m0/s1. The zero-order chi connectivity index (χ0) is 30.2. The smallest absolute Gasteiger partial charge is 0.252 e. The van der Waals surface area contributed by atoms with E-state index in [1.165, 1.54) is 18.3 Å². The zero-order valence-corrected chi connectivity index (χ0v) is 23.9. The van der Waals surface area contributed by atoms with E-state index in [1.807, 2.05) is 28.7 Å². The van der Waals surface area contributed by atoms with Gasteiger partial charge in [0.15, 0.2) is 0 Å². The van der Waals surface area contributed by atoms with Crippen LogP contribution in [0.5, 0.6) is 0 Å². The van der Waals surface area contributed by atoms with Crippen molar-refractivity contribution in [3.63, 3.8) is 0 Å². The number of pyridine rings is 1. The molecule has 42 heavy (non-hydrogen) atoms. The van der Waals surface area contributed by atoms with Crippen LogP contribution in [0.2, 0.25) is 0 Å². The number of carbonyl (C=O) groups is 3. The minimum atomic E-state index is -2.94. The summed E-state index contributed by atoms with van der Waals surface area (Å²) < 4.78 is 56.8. The molecule has 1 aromatic heterocycles. The van der Waals surface area contributed by atoms with Crippen molar-refractivity contribution in [2.24, 2.45) is 0 Å². The van der Waals surface area contributed by atoms with Crippen LogP contribution in [0.3, 0.4) is 0 Å². The molecule has 0 radical (unpaired) electrons. The second kappa shape index (κ2) is 11.7. The summed E-state index contributed by atoms with van der Waals surface area (Å²) in [5, 5.41) is 11.9. The molecule has 1 N–H and O–H groups in total. The lowest BCUT2D eigenvalue weighted by atomic mass is 9.87. The first-order valence-electron chi connectivity index (χ1n) is 12.9. The largest absolute Gasteiger partial charge is 0.351 e. The molecule has 5 rings (SSSR count). The predicted octanol–water partition coefficient (Wildman–Crippen LogP) is 5.02. The maximum absolute atomic E-state index is 14.6. The molecular weight excluding hydrogens is 669 g/mol. The van der Waals surface area contributed by atoms with Crippen molar-refractivity contribution >= 4 is 51.8 Å². The molecule has 1 saturated heterocycles. The number of carbonyl (C=O) groups excluding carboxylic acids is 3. The zero-order valence-electron chi connectivity index (χ0n) is 21.7. The van der Waals surface area contributed by atoms with Gasteiger partial charge in [0, 0.05) is 41.1 Å². The third-order valence-electron chi connectivity index (χ3n) is 7.12. The number of halogens is 5. The molecule has 2 fully saturated rings. The number of aromatic nitrogens is 1. The van der Waals surface area contributed by atoms with E-state index in [1.54, 1.807) is 24.3 Å². The van der Waals surface area contributed by atoms with E-state index in [9.17, 15) is 37.2 Å². The Morgan fingerprint density at radius 3 is 2.45 bits per heavy atom. The summed E-state index contributed by atoms with van der Waals surface area (Å²) in [6.07, 6.45) is 0.0334. The van der Waals surface area contributed by atoms with E-state index in [4.69, 9.17) is 0 Å². The molecule has 1 saturated carbocycles. The number of rotatable bonds is 7. The highest BCUT2D eigenvalue weighted by atomic mass is 127. The highest BCUT2D eigenvalue weighted by Crippen LogP contribution is 2.39. The molecule has 1 aliphatic heterocycles. The van der Waals surface area contributed by atoms with Crippen molar-refractivity contribution in [1.82, 2.24) is 10.3 Å². The number of nitrogens with zero attached hydrogens (tertiary/aromatic N) is 4. The van der Waals surface area contributed by atoms with Crippen molar-refractivity contribution in [2.45, 2.75) is 49.7 Å². The molecule has 2 aromatic carbocycles. The molecule has 3 amide bonds. The van der Waals surface area contributed by atoms with Crippen molar-refractivity contribution in [3.05, 3.63) is 87.1 Å². The van der Waals surface area contributed by atoms with Crippen molar-refractivity contribution in [1.29, 1.82) is 5.26 Å². The number of amides is 3. The molecular formula is C29H22F4IN5O3. The lowest BCUT2D eigenvalue weighted by molar-refractivity contribution is -0.133. The lowest BCUT2D eigenvalue weighted by Crippen LogP contribution is -2.56. The number of benzene rings is 2. The first-order chi connectivity index (χ1) is 20.0. The fourth-order valence-corrected chi connectivity index (χ4v) is 5.89. The fraction of sp³-hybridized carbons (Fsp3) is 0.276. The number of anilines is 2. The van der Waals surface area contributed by atoms with Gasteiger partial charge in [0.25, 0.3) is 11.8 Å². The van der Waals surface area contributed by atoms with Crippen LogP contribution in [0.4, 0.5) is 29.1 Å². The van der Waals surface area contributed by atoms with Crippen LogP contribution in [-0.2, 0) is 14.4 Å². The van der Waals surface area contributed by atoms with Gasteiger partial charge in [0.2, 0.25) is 11.8 Å². The highest BCUT2D eigenvalue weighted by molar-refractivity contribution is 14.1. The van der Waals surface area contributed by atoms with Gasteiger partial charge in [-0.1, -0.05) is 18.2 Å². The summed E-state index contributed by atoms with van der Waals surface area (Å²) in [5.74, 6) is -7.13. The number of alkyl halides is 2. The molecule has 0 unspecified atom stereocenters. The van der Waals surface area contributed by atoms with Gasteiger partial charge in [0.05, 0.1) is 17.3 Å². The third kappa shape index (κ3) is 5.94. The second-order valence-corrected chi connectivity index (χ2v) is 11.2. The van der Waals surface area contributed by atoms with E-state index in [0.29, 0.717) is 9.64 Å². The maximum atomic E-state index is 14.6. The van der Waals surface area contributed by atoms with Gasteiger partial charge in [-0.15, -0.1) is 0 Å². The van der Waals surface area contributed by atoms with Crippen LogP contribution in [-0.4, -0.2) is 40.7 Å². The topological polar surface area (TPSA) is 106 Å². The van der Waals surface area contributed by atoms with Crippen LogP contribution in [0, 0.1) is 26.5 Å². The summed E-state index contributed by atoms with van der Waals surface area (Å²) in [7, 11) is 0. The normalized spacial score (nSPS) is 18.6. The Kier molecular flexibility index (Phi) is 8.18. The van der Waals surface area contributed by atoms with Crippen molar-refractivity contribution in [3.8, 4) is 6.07 Å². The number of nitrogens with one attached hydrogen (secondary N) is 1. The van der Waals surface area contributed by atoms with Gasteiger partial charge in [-0.2, -0.15) is 5.26 Å². The number of hydrogen-bond acceptors (Lipinski definition) is 5. The minimum absolute atomic E-state index is 0.0144. The molecule has 13 heteroatoms. The van der Waals surface area contributed by atoms with Gasteiger partial charge in [-0.3, -0.25) is 24.2 Å². The van der Waals surface area contributed by atoms with Gasteiger partial charge >= 0.3 is 0 Å². The Morgan fingerprint density at radius 2 is 1.81 bits per heavy atom. The van der Waals surface area contributed by atoms with Gasteiger partial charge in [-0.25, -0.2) is 22.5 Å².